The molecule has 1 aliphatic heterocycles. The van der Waals surface area contributed by atoms with E-state index in [0.717, 1.165) is 43.8 Å². The molecule has 0 aromatic carbocycles. The highest BCUT2D eigenvalue weighted by Gasteiger charge is 2.17. The van der Waals surface area contributed by atoms with Gasteiger partial charge in [0.1, 0.15) is 0 Å². The quantitative estimate of drug-likeness (QED) is 0.840. The summed E-state index contributed by atoms with van der Waals surface area (Å²) in [7, 11) is 0. The van der Waals surface area contributed by atoms with E-state index in [4.69, 9.17) is 5.73 Å². The Bertz CT molecular complexity index is 294. The van der Waals surface area contributed by atoms with Crippen molar-refractivity contribution >= 4 is 11.3 Å². The molecule has 3 N–H and O–H groups in total. The number of nitrogens with two attached hydrogens (primary N) is 1. The third kappa shape index (κ3) is 3.28. The van der Waals surface area contributed by atoms with E-state index < -0.39 is 0 Å². The van der Waals surface area contributed by atoms with Crippen LogP contribution in [0.3, 0.4) is 0 Å². The lowest BCUT2D eigenvalue weighted by molar-refractivity contribution is 0.133. The van der Waals surface area contributed by atoms with E-state index in [1.165, 1.54) is 0 Å². The summed E-state index contributed by atoms with van der Waals surface area (Å²) in [5, 5.41) is 12.0. The van der Waals surface area contributed by atoms with Crippen molar-refractivity contribution in [2.75, 3.05) is 19.6 Å². The van der Waals surface area contributed by atoms with Crippen LogP contribution in [0.15, 0.2) is 17.5 Å². The molecule has 1 atom stereocenters. The molecule has 3 nitrogen and oxygen atoms in total. The SMILES string of the molecule is NC1CCN(CCC(O)c2cccs2)CC1. The van der Waals surface area contributed by atoms with Crippen LogP contribution in [0.25, 0.3) is 0 Å². The van der Waals surface area contributed by atoms with Crippen molar-refractivity contribution in [1.82, 2.24) is 4.90 Å². The van der Waals surface area contributed by atoms with Crippen molar-refractivity contribution in [2.45, 2.75) is 31.4 Å². The maximum absolute atomic E-state index is 9.95. The first kappa shape index (κ1) is 12.0. The van der Waals surface area contributed by atoms with E-state index in [9.17, 15) is 5.11 Å². The van der Waals surface area contributed by atoms with Gasteiger partial charge in [-0.3, -0.25) is 0 Å². The fourth-order valence-corrected chi connectivity index (χ4v) is 2.85. The van der Waals surface area contributed by atoms with Gasteiger partial charge in [-0.05, 0) is 43.8 Å². The summed E-state index contributed by atoms with van der Waals surface area (Å²) in [4.78, 5) is 3.48. The predicted molar refractivity (Wildman–Crippen MR) is 67.5 cm³/mol. The fraction of sp³-hybridized carbons (Fsp3) is 0.667. The zero-order valence-corrected chi connectivity index (χ0v) is 10.3. The highest BCUT2D eigenvalue weighted by molar-refractivity contribution is 7.10. The lowest BCUT2D eigenvalue weighted by Gasteiger charge is -2.30. The van der Waals surface area contributed by atoms with Gasteiger partial charge in [-0.25, -0.2) is 0 Å². The number of likely N-dealkylation sites (tertiary alicyclic amines) is 1. The van der Waals surface area contributed by atoms with Crippen molar-refractivity contribution in [3.05, 3.63) is 22.4 Å². The summed E-state index contributed by atoms with van der Waals surface area (Å²) >= 11 is 1.63. The van der Waals surface area contributed by atoms with Gasteiger partial charge in [0.05, 0.1) is 6.10 Å². The van der Waals surface area contributed by atoms with E-state index in [0.29, 0.717) is 6.04 Å². The molecular weight excluding hydrogens is 220 g/mol. The summed E-state index contributed by atoms with van der Waals surface area (Å²) in [6, 6.07) is 4.38. The molecule has 4 heteroatoms. The summed E-state index contributed by atoms with van der Waals surface area (Å²) < 4.78 is 0. The van der Waals surface area contributed by atoms with Gasteiger partial charge in [-0.1, -0.05) is 6.07 Å². The summed E-state index contributed by atoms with van der Waals surface area (Å²) in [5.74, 6) is 0. The van der Waals surface area contributed by atoms with Crippen LogP contribution in [0.4, 0.5) is 0 Å². The standard InChI is InChI=1S/C12H20N2OS/c13-10-3-6-14(7-4-10)8-5-11(15)12-2-1-9-16-12/h1-2,9-11,15H,3-8,13H2. The van der Waals surface area contributed by atoms with Gasteiger partial charge in [0, 0.05) is 17.5 Å². The lowest BCUT2D eigenvalue weighted by Crippen LogP contribution is -2.40. The Kier molecular flexibility index (Phi) is 4.35. The Balaban J connectivity index is 1.71. The van der Waals surface area contributed by atoms with Gasteiger partial charge in [-0.2, -0.15) is 0 Å². The molecule has 0 radical (unpaired) electrons. The molecule has 1 saturated heterocycles. The maximum atomic E-state index is 9.95. The largest absolute Gasteiger partial charge is 0.388 e. The predicted octanol–water partition coefficient (Wildman–Crippen LogP) is 1.59. The van der Waals surface area contributed by atoms with Crippen LogP contribution in [0.1, 0.15) is 30.2 Å². The first-order chi connectivity index (χ1) is 7.75. The Labute approximate surface area is 101 Å². The fourth-order valence-electron chi connectivity index (χ4n) is 2.10. The van der Waals surface area contributed by atoms with Gasteiger partial charge in [0.15, 0.2) is 0 Å². The topological polar surface area (TPSA) is 49.5 Å². The minimum absolute atomic E-state index is 0.296. The van der Waals surface area contributed by atoms with E-state index in [1.807, 2.05) is 17.5 Å². The average Bonchev–Trinajstić information content (AvgIpc) is 2.81. The number of rotatable bonds is 4. The van der Waals surface area contributed by atoms with E-state index in [1.54, 1.807) is 11.3 Å². The van der Waals surface area contributed by atoms with E-state index in [-0.39, 0.29) is 6.10 Å². The third-order valence-corrected chi connectivity index (χ3v) is 4.20. The van der Waals surface area contributed by atoms with Crippen LogP contribution in [0.5, 0.6) is 0 Å². The molecule has 16 heavy (non-hydrogen) atoms. The summed E-state index contributed by atoms with van der Waals surface area (Å²) in [6.45, 7) is 3.14. The van der Waals surface area contributed by atoms with Gasteiger partial charge in [0.2, 0.25) is 0 Å². The molecule has 0 aliphatic carbocycles. The van der Waals surface area contributed by atoms with Crippen LogP contribution in [0.2, 0.25) is 0 Å². The minimum Gasteiger partial charge on any atom is -0.388 e. The Hall–Kier alpha value is -0.420. The number of piperidine rings is 1. The minimum atomic E-state index is -0.296. The molecule has 2 heterocycles. The number of hydrogen-bond donors (Lipinski definition) is 2. The molecule has 0 saturated carbocycles. The highest BCUT2D eigenvalue weighted by atomic mass is 32.1. The second kappa shape index (κ2) is 5.77. The molecule has 1 aliphatic rings. The van der Waals surface area contributed by atoms with Crippen LogP contribution in [0, 0.1) is 0 Å². The van der Waals surface area contributed by atoms with Gasteiger partial charge in [0.25, 0.3) is 0 Å². The molecule has 2 rings (SSSR count). The first-order valence-electron chi connectivity index (χ1n) is 5.95. The molecule has 1 fully saturated rings. The second-order valence-electron chi connectivity index (χ2n) is 4.50. The normalized spacial score (nSPS) is 21.1. The Morgan fingerprint density at radius 1 is 1.50 bits per heavy atom. The van der Waals surface area contributed by atoms with Crippen LogP contribution in [-0.2, 0) is 0 Å². The lowest BCUT2D eigenvalue weighted by atomic mass is 10.1. The monoisotopic (exact) mass is 240 g/mol. The van der Waals surface area contributed by atoms with Crippen LogP contribution in [-0.4, -0.2) is 35.7 Å². The van der Waals surface area contributed by atoms with Gasteiger partial charge in [-0.15, -0.1) is 11.3 Å². The summed E-state index contributed by atoms with van der Waals surface area (Å²) in [5.41, 5.74) is 5.86. The maximum Gasteiger partial charge on any atom is 0.0894 e. The van der Waals surface area contributed by atoms with E-state index >= 15 is 0 Å². The third-order valence-electron chi connectivity index (χ3n) is 3.22. The highest BCUT2D eigenvalue weighted by Crippen LogP contribution is 2.22. The van der Waals surface area contributed by atoms with Crippen molar-refractivity contribution in [3.8, 4) is 0 Å². The zero-order chi connectivity index (χ0) is 11.4. The molecular formula is C12H20N2OS. The van der Waals surface area contributed by atoms with Crippen molar-refractivity contribution in [3.63, 3.8) is 0 Å². The van der Waals surface area contributed by atoms with Gasteiger partial charge < -0.3 is 15.7 Å². The number of hydrogen-bond acceptors (Lipinski definition) is 4. The molecule has 0 bridgehead atoms. The van der Waals surface area contributed by atoms with Crippen molar-refractivity contribution < 1.29 is 5.11 Å². The molecule has 90 valence electrons. The second-order valence-corrected chi connectivity index (χ2v) is 5.48. The van der Waals surface area contributed by atoms with Crippen molar-refractivity contribution in [2.24, 2.45) is 5.73 Å². The Morgan fingerprint density at radius 3 is 2.88 bits per heavy atom. The van der Waals surface area contributed by atoms with E-state index in [2.05, 4.69) is 4.90 Å². The number of aliphatic hydroxyl groups is 1. The summed E-state index contributed by atoms with van der Waals surface area (Å²) in [6.07, 6.45) is 2.72. The molecule has 0 spiro atoms. The number of aliphatic hydroxyl groups excluding tert-OH is 1. The van der Waals surface area contributed by atoms with Crippen LogP contribution >= 0.6 is 11.3 Å². The Morgan fingerprint density at radius 2 is 2.25 bits per heavy atom. The molecule has 0 amide bonds. The molecule has 1 aromatic heterocycles. The number of thiophene rings is 1. The molecule has 1 aromatic rings. The molecule has 1 unspecified atom stereocenters. The van der Waals surface area contributed by atoms with Gasteiger partial charge >= 0.3 is 0 Å². The average molecular weight is 240 g/mol. The zero-order valence-electron chi connectivity index (χ0n) is 9.51. The van der Waals surface area contributed by atoms with Crippen LogP contribution < -0.4 is 5.73 Å². The smallest absolute Gasteiger partial charge is 0.0894 e. The van der Waals surface area contributed by atoms with Crippen molar-refractivity contribution in [1.29, 1.82) is 0 Å². The first-order valence-corrected chi connectivity index (χ1v) is 6.83. The number of nitrogens with zero attached hydrogens (tertiary/aromatic N) is 1.